The number of carboxylic acid groups (broad SMARTS) is 1. The lowest BCUT2D eigenvalue weighted by atomic mass is 9.77. The number of hydrogen-bond donors (Lipinski definition) is 2. The highest BCUT2D eigenvalue weighted by Gasteiger charge is 2.43. The van der Waals surface area contributed by atoms with E-state index in [1.807, 2.05) is 18.2 Å². The first-order chi connectivity index (χ1) is 9.62. The van der Waals surface area contributed by atoms with Crippen molar-refractivity contribution in [1.29, 1.82) is 0 Å². The molecular weight excluding hydrogens is 260 g/mol. The van der Waals surface area contributed by atoms with Crippen molar-refractivity contribution in [2.45, 2.75) is 31.3 Å². The molecular formula is C14H16N2O4. The maximum atomic E-state index is 11.8. The van der Waals surface area contributed by atoms with E-state index in [4.69, 9.17) is 4.42 Å². The Kier molecular flexibility index (Phi) is 3.10. The number of nitrogens with zero attached hydrogens (tertiary/aromatic N) is 1. The quantitative estimate of drug-likeness (QED) is 0.857. The summed E-state index contributed by atoms with van der Waals surface area (Å²) in [6.07, 6.45) is 2.21. The second kappa shape index (κ2) is 4.79. The van der Waals surface area contributed by atoms with E-state index in [1.165, 1.54) is 4.57 Å². The molecule has 0 amide bonds. The van der Waals surface area contributed by atoms with Crippen molar-refractivity contribution in [2.24, 2.45) is 0 Å². The van der Waals surface area contributed by atoms with Gasteiger partial charge < -0.3 is 14.8 Å². The molecule has 1 aliphatic rings. The summed E-state index contributed by atoms with van der Waals surface area (Å²) in [7, 11) is 0. The standard InChI is InChI=1S/C14H16N2O4/c17-12(18)14(6-3-7-14)15-8-9-16-10-4-1-2-5-11(10)20-13(16)19/h1-2,4-5,15H,3,6-9H2,(H,17,18). The predicted molar refractivity (Wildman–Crippen MR) is 72.7 cm³/mol. The Morgan fingerprint density at radius 3 is 2.80 bits per heavy atom. The first-order valence-electron chi connectivity index (χ1n) is 6.69. The zero-order valence-electron chi connectivity index (χ0n) is 11.0. The van der Waals surface area contributed by atoms with E-state index >= 15 is 0 Å². The van der Waals surface area contributed by atoms with Crippen molar-refractivity contribution >= 4 is 17.1 Å². The molecule has 106 valence electrons. The van der Waals surface area contributed by atoms with Gasteiger partial charge in [-0.2, -0.15) is 0 Å². The van der Waals surface area contributed by atoms with E-state index in [2.05, 4.69) is 5.32 Å². The summed E-state index contributed by atoms with van der Waals surface area (Å²) in [5.41, 5.74) is 0.481. The van der Waals surface area contributed by atoms with Gasteiger partial charge in [0.15, 0.2) is 5.58 Å². The maximum Gasteiger partial charge on any atom is 0.419 e. The van der Waals surface area contributed by atoms with E-state index < -0.39 is 17.3 Å². The van der Waals surface area contributed by atoms with Gasteiger partial charge in [0.1, 0.15) is 5.54 Å². The third-order valence-electron chi connectivity index (χ3n) is 3.99. The van der Waals surface area contributed by atoms with Crippen molar-refractivity contribution in [1.82, 2.24) is 9.88 Å². The minimum Gasteiger partial charge on any atom is -0.480 e. The average Bonchev–Trinajstić information content (AvgIpc) is 2.68. The molecule has 2 N–H and O–H groups in total. The second-order valence-electron chi connectivity index (χ2n) is 5.15. The van der Waals surface area contributed by atoms with Crippen molar-refractivity contribution in [2.75, 3.05) is 6.54 Å². The first-order valence-corrected chi connectivity index (χ1v) is 6.69. The first kappa shape index (κ1) is 12.9. The highest BCUT2D eigenvalue weighted by Crippen LogP contribution is 2.31. The molecule has 3 rings (SSSR count). The Morgan fingerprint density at radius 1 is 1.40 bits per heavy atom. The molecule has 1 aromatic carbocycles. The van der Waals surface area contributed by atoms with Gasteiger partial charge in [0.2, 0.25) is 0 Å². The van der Waals surface area contributed by atoms with Gasteiger partial charge in [-0.05, 0) is 31.4 Å². The molecule has 1 aliphatic carbocycles. The molecule has 6 nitrogen and oxygen atoms in total. The molecule has 0 saturated heterocycles. The molecule has 1 heterocycles. The molecule has 0 aliphatic heterocycles. The molecule has 0 radical (unpaired) electrons. The van der Waals surface area contributed by atoms with E-state index in [1.54, 1.807) is 6.07 Å². The van der Waals surface area contributed by atoms with Gasteiger partial charge in [-0.3, -0.25) is 9.36 Å². The van der Waals surface area contributed by atoms with Gasteiger partial charge in [0, 0.05) is 13.1 Å². The number of aromatic nitrogens is 1. The molecule has 0 spiro atoms. The Labute approximate surface area is 115 Å². The highest BCUT2D eigenvalue weighted by molar-refractivity contribution is 5.80. The number of aliphatic carboxylic acids is 1. The summed E-state index contributed by atoms with van der Waals surface area (Å²) in [6, 6.07) is 7.20. The summed E-state index contributed by atoms with van der Waals surface area (Å²) in [6.45, 7) is 0.820. The number of carboxylic acids is 1. The number of carbonyl (C=O) groups is 1. The third kappa shape index (κ3) is 2.02. The van der Waals surface area contributed by atoms with Gasteiger partial charge in [-0.15, -0.1) is 0 Å². The Hall–Kier alpha value is -2.08. The van der Waals surface area contributed by atoms with E-state index in [-0.39, 0.29) is 0 Å². The number of para-hydroxylation sites is 2. The molecule has 1 fully saturated rings. The molecule has 1 saturated carbocycles. The van der Waals surface area contributed by atoms with Gasteiger partial charge in [-0.1, -0.05) is 12.1 Å². The smallest absolute Gasteiger partial charge is 0.419 e. The summed E-state index contributed by atoms with van der Waals surface area (Å²) in [4.78, 5) is 23.0. The van der Waals surface area contributed by atoms with Gasteiger partial charge in [0.05, 0.1) is 5.52 Å². The summed E-state index contributed by atoms with van der Waals surface area (Å²) in [5, 5.41) is 12.3. The average molecular weight is 276 g/mol. The zero-order valence-corrected chi connectivity index (χ0v) is 11.0. The maximum absolute atomic E-state index is 11.8. The van der Waals surface area contributed by atoms with Crippen LogP contribution in [-0.2, 0) is 11.3 Å². The summed E-state index contributed by atoms with van der Waals surface area (Å²) < 4.78 is 6.66. The van der Waals surface area contributed by atoms with Crippen molar-refractivity contribution < 1.29 is 14.3 Å². The van der Waals surface area contributed by atoms with Crippen LogP contribution in [0.3, 0.4) is 0 Å². The van der Waals surface area contributed by atoms with Crippen molar-refractivity contribution in [3.8, 4) is 0 Å². The fourth-order valence-corrected chi connectivity index (χ4v) is 2.63. The third-order valence-corrected chi connectivity index (χ3v) is 3.99. The lowest BCUT2D eigenvalue weighted by molar-refractivity contribution is -0.148. The molecule has 1 aromatic heterocycles. The molecule has 0 unspecified atom stereocenters. The van der Waals surface area contributed by atoms with E-state index in [0.717, 1.165) is 11.9 Å². The Morgan fingerprint density at radius 2 is 2.15 bits per heavy atom. The summed E-state index contributed by atoms with van der Waals surface area (Å²) in [5.74, 6) is -1.22. The topological polar surface area (TPSA) is 84.5 Å². The number of rotatable bonds is 5. The van der Waals surface area contributed by atoms with Gasteiger partial charge in [0.25, 0.3) is 0 Å². The van der Waals surface area contributed by atoms with Gasteiger partial charge in [-0.25, -0.2) is 4.79 Å². The number of oxazole rings is 1. The van der Waals surface area contributed by atoms with Crippen LogP contribution in [0, 0.1) is 0 Å². The molecule has 20 heavy (non-hydrogen) atoms. The van der Waals surface area contributed by atoms with Gasteiger partial charge >= 0.3 is 11.7 Å². The number of nitrogens with one attached hydrogen (secondary N) is 1. The Balaban J connectivity index is 1.73. The van der Waals surface area contributed by atoms with Crippen LogP contribution in [0.5, 0.6) is 0 Å². The van der Waals surface area contributed by atoms with E-state index in [0.29, 0.717) is 31.5 Å². The molecule has 0 bridgehead atoms. The van der Waals surface area contributed by atoms with Crippen LogP contribution in [-0.4, -0.2) is 27.7 Å². The van der Waals surface area contributed by atoms with Crippen molar-refractivity contribution in [3.05, 3.63) is 34.8 Å². The Bertz CT molecular complexity index is 697. The monoisotopic (exact) mass is 276 g/mol. The fourth-order valence-electron chi connectivity index (χ4n) is 2.63. The molecule has 6 heteroatoms. The van der Waals surface area contributed by atoms with Crippen LogP contribution < -0.4 is 11.1 Å². The highest BCUT2D eigenvalue weighted by atomic mass is 16.4. The summed E-state index contributed by atoms with van der Waals surface area (Å²) >= 11 is 0. The lowest BCUT2D eigenvalue weighted by Crippen LogP contribution is -2.57. The second-order valence-corrected chi connectivity index (χ2v) is 5.15. The lowest BCUT2D eigenvalue weighted by Gasteiger charge is -2.38. The van der Waals surface area contributed by atoms with E-state index in [9.17, 15) is 14.7 Å². The van der Waals surface area contributed by atoms with Crippen LogP contribution in [0.15, 0.2) is 33.5 Å². The fraction of sp³-hybridized carbons (Fsp3) is 0.429. The molecule has 2 aromatic rings. The minimum atomic E-state index is -0.812. The van der Waals surface area contributed by atoms with Crippen molar-refractivity contribution in [3.63, 3.8) is 0 Å². The largest absolute Gasteiger partial charge is 0.480 e. The minimum absolute atomic E-state index is 0.394. The zero-order chi connectivity index (χ0) is 14.2. The number of hydrogen-bond acceptors (Lipinski definition) is 4. The molecule has 0 atom stereocenters. The number of fused-ring (bicyclic) bond motifs is 1. The van der Waals surface area contributed by atoms with Crippen LogP contribution in [0.4, 0.5) is 0 Å². The van der Waals surface area contributed by atoms with Crippen LogP contribution >= 0.6 is 0 Å². The van der Waals surface area contributed by atoms with Crippen LogP contribution in [0.2, 0.25) is 0 Å². The predicted octanol–water partition coefficient (Wildman–Crippen LogP) is 1.19. The van der Waals surface area contributed by atoms with Crippen LogP contribution in [0.25, 0.3) is 11.1 Å². The normalized spacial score (nSPS) is 17.0. The van der Waals surface area contributed by atoms with Crippen LogP contribution in [0.1, 0.15) is 19.3 Å². The SMILES string of the molecule is O=C(O)C1(NCCn2c(=O)oc3ccccc32)CCC1. The number of benzene rings is 1.